The molecule has 1 aromatic heterocycles. The van der Waals surface area contributed by atoms with Gasteiger partial charge in [0.05, 0.1) is 11.0 Å². The quantitative estimate of drug-likeness (QED) is 0.749. The Morgan fingerprint density at radius 2 is 2.11 bits per heavy atom. The van der Waals surface area contributed by atoms with Crippen LogP contribution in [0.1, 0.15) is 19.4 Å². The van der Waals surface area contributed by atoms with E-state index in [0.717, 1.165) is 29.1 Å². The fraction of sp³-hybridized carbons (Fsp3) is 0.462. The van der Waals surface area contributed by atoms with Crippen molar-refractivity contribution in [1.29, 1.82) is 0 Å². The summed E-state index contributed by atoms with van der Waals surface area (Å²) in [5.74, 6) is 2.28. The Morgan fingerprint density at radius 1 is 1.33 bits per heavy atom. The summed E-state index contributed by atoms with van der Waals surface area (Å²) in [5, 5.41) is 3.48. The van der Waals surface area contributed by atoms with Gasteiger partial charge >= 0.3 is 5.69 Å². The average molecular weight is 265 g/mol. The summed E-state index contributed by atoms with van der Waals surface area (Å²) in [6.45, 7) is 5.20. The summed E-state index contributed by atoms with van der Waals surface area (Å²) >= 11 is 1.94. The standard InChI is InChI=1S/C13H19N3OS/c1-3-18-8-9(2)14-7-10-4-5-11-12(6-10)16-13(17)15-11/h4-6,9,14H,3,7-8H2,1-2H3,(H2,15,16,17). The highest BCUT2D eigenvalue weighted by atomic mass is 32.2. The van der Waals surface area contributed by atoms with Crippen molar-refractivity contribution >= 4 is 22.8 Å². The van der Waals surface area contributed by atoms with Crippen LogP contribution in [0, 0.1) is 0 Å². The van der Waals surface area contributed by atoms with E-state index in [0.29, 0.717) is 6.04 Å². The van der Waals surface area contributed by atoms with Crippen molar-refractivity contribution in [1.82, 2.24) is 15.3 Å². The Balaban J connectivity index is 1.97. The lowest BCUT2D eigenvalue weighted by molar-refractivity contribution is 0.596. The molecule has 3 N–H and O–H groups in total. The van der Waals surface area contributed by atoms with Crippen LogP contribution in [-0.2, 0) is 6.54 Å². The Morgan fingerprint density at radius 3 is 2.89 bits per heavy atom. The van der Waals surface area contributed by atoms with Crippen LogP contribution in [0.4, 0.5) is 0 Å². The SMILES string of the molecule is CCSCC(C)NCc1ccc2[nH]c(=O)[nH]c2c1. The van der Waals surface area contributed by atoms with Crippen LogP contribution in [0.15, 0.2) is 23.0 Å². The first-order valence-corrected chi connectivity index (χ1v) is 7.36. The zero-order chi connectivity index (χ0) is 13.0. The van der Waals surface area contributed by atoms with E-state index in [9.17, 15) is 4.79 Å². The number of H-pyrrole nitrogens is 2. The summed E-state index contributed by atoms with van der Waals surface area (Å²) in [5.41, 5.74) is 2.77. The van der Waals surface area contributed by atoms with E-state index < -0.39 is 0 Å². The van der Waals surface area contributed by atoms with Crippen molar-refractivity contribution in [2.75, 3.05) is 11.5 Å². The molecule has 18 heavy (non-hydrogen) atoms. The monoisotopic (exact) mass is 265 g/mol. The van der Waals surface area contributed by atoms with Crippen LogP contribution < -0.4 is 11.0 Å². The van der Waals surface area contributed by atoms with E-state index >= 15 is 0 Å². The van der Waals surface area contributed by atoms with Gasteiger partial charge < -0.3 is 15.3 Å². The molecule has 98 valence electrons. The lowest BCUT2D eigenvalue weighted by atomic mass is 10.2. The molecule has 1 unspecified atom stereocenters. The third-order valence-corrected chi connectivity index (χ3v) is 3.95. The molecule has 0 amide bonds. The number of nitrogens with one attached hydrogen (secondary N) is 3. The summed E-state index contributed by atoms with van der Waals surface area (Å²) in [7, 11) is 0. The van der Waals surface area contributed by atoms with Crippen molar-refractivity contribution in [3.63, 3.8) is 0 Å². The van der Waals surface area contributed by atoms with Gasteiger partial charge in [-0.15, -0.1) is 0 Å². The molecule has 0 fully saturated rings. The van der Waals surface area contributed by atoms with Crippen molar-refractivity contribution in [3.05, 3.63) is 34.2 Å². The highest BCUT2D eigenvalue weighted by Gasteiger charge is 2.03. The number of rotatable bonds is 6. The molecule has 1 aromatic carbocycles. The largest absolute Gasteiger partial charge is 0.323 e. The number of aromatic nitrogens is 2. The predicted molar refractivity (Wildman–Crippen MR) is 78.2 cm³/mol. The minimum Gasteiger partial charge on any atom is -0.309 e. The molecule has 0 saturated heterocycles. The second kappa shape index (κ2) is 6.11. The van der Waals surface area contributed by atoms with E-state index in [1.807, 2.05) is 30.0 Å². The van der Waals surface area contributed by atoms with Gasteiger partial charge in [-0.05, 0) is 30.4 Å². The molecule has 2 rings (SSSR count). The van der Waals surface area contributed by atoms with Crippen LogP contribution in [0.2, 0.25) is 0 Å². The molecular formula is C13H19N3OS. The maximum atomic E-state index is 11.2. The molecule has 0 saturated carbocycles. The maximum absolute atomic E-state index is 11.2. The fourth-order valence-corrected chi connectivity index (χ4v) is 2.54. The number of hydrogen-bond donors (Lipinski definition) is 3. The molecule has 0 spiro atoms. The predicted octanol–water partition coefficient (Wildman–Crippen LogP) is 2.09. The van der Waals surface area contributed by atoms with Crippen molar-refractivity contribution < 1.29 is 0 Å². The highest BCUT2D eigenvalue weighted by Crippen LogP contribution is 2.10. The van der Waals surface area contributed by atoms with E-state index in [4.69, 9.17) is 0 Å². The first-order chi connectivity index (χ1) is 8.69. The first-order valence-electron chi connectivity index (χ1n) is 6.21. The third kappa shape index (κ3) is 3.40. The van der Waals surface area contributed by atoms with E-state index in [-0.39, 0.29) is 5.69 Å². The fourth-order valence-electron chi connectivity index (χ4n) is 1.84. The number of thioether (sulfide) groups is 1. The molecule has 0 bridgehead atoms. The van der Waals surface area contributed by atoms with Crippen LogP contribution >= 0.6 is 11.8 Å². The maximum Gasteiger partial charge on any atom is 0.323 e. The minimum absolute atomic E-state index is 0.150. The van der Waals surface area contributed by atoms with Crippen molar-refractivity contribution in [2.45, 2.75) is 26.4 Å². The molecule has 5 heteroatoms. The summed E-state index contributed by atoms with van der Waals surface area (Å²) in [6, 6.07) is 6.49. The van der Waals surface area contributed by atoms with Gasteiger partial charge in [-0.3, -0.25) is 0 Å². The lowest BCUT2D eigenvalue weighted by Crippen LogP contribution is -2.27. The molecule has 0 aliphatic heterocycles. The van der Waals surface area contributed by atoms with Crippen molar-refractivity contribution in [3.8, 4) is 0 Å². The second-order valence-corrected chi connectivity index (χ2v) is 5.72. The average Bonchev–Trinajstić information content (AvgIpc) is 2.73. The first kappa shape index (κ1) is 13.2. The van der Waals surface area contributed by atoms with Gasteiger partial charge in [-0.25, -0.2) is 4.79 Å². The van der Waals surface area contributed by atoms with Gasteiger partial charge in [0.25, 0.3) is 0 Å². The summed E-state index contributed by atoms with van der Waals surface area (Å²) in [4.78, 5) is 16.7. The second-order valence-electron chi connectivity index (χ2n) is 4.40. The van der Waals surface area contributed by atoms with E-state index in [1.165, 1.54) is 5.56 Å². The minimum atomic E-state index is -0.150. The van der Waals surface area contributed by atoms with Gasteiger partial charge in [-0.2, -0.15) is 11.8 Å². The molecule has 0 aliphatic rings. The van der Waals surface area contributed by atoms with Crippen LogP contribution in [0.5, 0.6) is 0 Å². The summed E-state index contributed by atoms with van der Waals surface area (Å²) in [6.07, 6.45) is 0. The molecule has 1 heterocycles. The van der Waals surface area contributed by atoms with Gasteiger partial charge in [0.1, 0.15) is 0 Å². The van der Waals surface area contributed by atoms with Crippen LogP contribution in [-0.4, -0.2) is 27.5 Å². The number of imidazole rings is 1. The molecule has 2 aromatic rings. The van der Waals surface area contributed by atoms with Gasteiger partial charge in [0.2, 0.25) is 0 Å². The van der Waals surface area contributed by atoms with Gasteiger partial charge in [-0.1, -0.05) is 13.0 Å². The number of hydrogen-bond acceptors (Lipinski definition) is 3. The number of aromatic amines is 2. The Kier molecular flexibility index (Phi) is 4.49. The van der Waals surface area contributed by atoms with Crippen molar-refractivity contribution in [2.24, 2.45) is 0 Å². The normalized spacial score (nSPS) is 13.0. The van der Waals surface area contributed by atoms with Gasteiger partial charge in [0, 0.05) is 18.3 Å². The molecular weight excluding hydrogens is 246 g/mol. The zero-order valence-electron chi connectivity index (χ0n) is 10.7. The number of fused-ring (bicyclic) bond motifs is 1. The number of benzene rings is 1. The Hall–Kier alpha value is -1.20. The smallest absolute Gasteiger partial charge is 0.309 e. The topological polar surface area (TPSA) is 60.7 Å². The summed E-state index contributed by atoms with van der Waals surface area (Å²) < 4.78 is 0. The molecule has 1 atom stereocenters. The Labute approximate surface area is 111 Å². The molecule has 0 aliphatic carbocycles. The van der Waals surface area contributed by atoms with Crippen LogP contribution in [0.3, 0.4) is 0 Å². The lowest BCUT2D eigenvalue weighted by Gasteiger charge is -2.12. The van der Waals surface area contributed by atoms with E-state index in [1.54, 1.807) is 0 Å². The van der Waals surface area contributed by atoms with Gasteiger partial charge in [0.15, 0.2) is 0 Å². The third-order valence-electron chi connectivity index (χ3n) is 2.81. The molecule has 4 nitrogen and oxygen atoms in total. The van der Waals surface area contributed by atoms with Crippen LogP contribution in [0.25, 0.3) is 11.0 Å². The molecule has 0 radical (unpaired) electrons. The van der Waals surface area contributed by atoms with E-state index in [2.05, 4.69) is 29.1 Å². The highest BCUT2D eigenvalue weighted by molar-refractivity contribution is 7.99. The zero-order valence-corrected chi connectivity index (χ0v) is 11.6. The Bertz CT molecular complexity index is 561.